The van der Waals surface area contributed by atoms with Gasteiger partial charge in [0.15, 0.2) is 6.10 Å². The molecule has 0 aliphatic heterocycles. The largest absolute Gasteiger partial charge is 0.481 e. The molecule has 0 aliphatic rings. The quantitative estimate of drug-likeness (QED) is 0.617. The molecule has 0 fully saturated rings. The van der Waals surface area contributed by atoms with Crippen LogP contribution in [-0.4, -0.2) is 35.0 Å². The monoisotopic (exact) mass is 215 g/mol. The maximum Gasteiger partial charge on any atom is 0.414 e. The lowest BCUT2D eigenvalue weighted by atomic mass is 9.98. The van der Waals surface area contributed by atoms with Crippen molar-refractivity contribution in [3.8, 4) is 0 Å². The number of aliphatic hydroxyl groups is 1. The van der Waals surface area contributed by atoms with Gasteiger partial charge in [-0.15, -0.1) is 0 Å². The molecular weight excluding hydrogens is 203 g/mol. The minimum absolute atomic E-state index is 0.0262. The predicted molar refractivity (Wildman–Crippen MR) is 41.5 cm³/mol. The van der Waals surface area contributed by atoms with Crippen LogP contribution in [0.1, 0.15) is 12.8 Å². The van der Waals surface area contributed by atoms with Gasteiger partial charge in [0.25, 0.3) is 0 Å². The fraction of sp³-hybridized carbons (Fsp3) is 0.857. The average molecular weight is 215 g/mol. The average Bonchev–Trinajstić information content (AvgIpc) is 2.01. The van der Waals surface area contributed by atoms with Crippen molar-refractivity contribution in [2.45, 2.75) is 25.1 Å². The minimum Gasteiger partial charge on any atom is -0.481 e. The first kappa shape index (κ1) is 13.2. The van der Waals surface area contributed by atoms with Crippen LogP contribution in [0.2, 0.25) is 0 Å². The van der Waals surface area contributed by atoms with Gasteiger partial charge in [-0.3, -0.25) is 4.79 Å². The molecule has 14 heavy (non-hydrogen) atoms. The third kappa shape index (κ3) is 4.43. The molecule has 7 heteroatoms. The van der Waals surface area contributed by atoms with Crippen molar-refractivity contribution in [3.63, 3.8) is 0 Å². The van der Waals surface area contributed by atoms with E-state index in [1.807, 2.05) is 0 Å². The van der Waals surface area contributed by atoms with Crippen molar-refractivity contribution in [1.29, 1.82) is 0 Å². The summed E-state index contributed by atoms with van der Waals surface area (Å²) in [5.74, 6) is -2.63. The molecule has 2 atom stereocenters. The van der Waals surface area contributed by atoms with E-state index < -0.39 is 30.6 Å². The Morgan fingerprint density at radius 2 is 1.93 bits per heavy atom. The molecule has 0 aliphatic carbocycles. The first-order valence-electron chi connectivity index (χ1n) is 3.96. The lowest BCUT2D eigenvalue weighted by Crippen LogP contribution is -2.33. The van der Waals surface area contributed by atoms with Crippen LogP contribution in [0.15, 0.2) is 0 Å². The Morgan fingerprint density at radius 3 is 2.21 bits per heavy atom. The molecule has 0 aromatic heterocycles. The number of carboxylic acids is 1. The molecule has 0 bridgehead atoms. The molecule has 4 N–H and O–H groups in total. The van der Waals surface area contributed by atoms with E-state index in [9.17, 15) is 18.0 Å². The molecule has 0 aromatic carbocycles. The maximum atomic E-state index is 11.8. The highest BCUT2D eigenvalue weighted by Gasteiger charge is 2.40. The molecule has 4 nitrogen and oxygen atoms in total. The Labute approximate surface area is 78.5 Å². The van der Waals surface area contributed by atoms with Crippen molar-refractivity contribution in [2.75, 3.05) is 6.54 Å². The topological polar surface area (TPSA) is 83.5 Å². The Kier molecular flexibility index (Phi) is 4.86. The van der Waals surface area contributed by atoms with Crippen LogP contribution in [-0.2, 0) is 4.79 Å². The van der Waals surface area contributed by atoms with E-state index in [0.29, 0.717) is 0 Å². The summed E-state index contributed by atoms with van der Waals surface area (Å²) in [7, 11) is 0. The van der Waals surface area contributed by atoms with Gasteiger partial charge in [-0.2, -0.15) is 13.2 Å². The van der Waals surface area contributed by atoms with Crippen LogP contribution in [0, 0.1) is 5.92 Å². The summed E-state index contributed by atoms with van der Waals surface area (Å²) in [6.07, 6.45) is -8.31. The molecule has 0 rings (SSSR count). The predicted octanol–water partition coefficient (Wildman–Crippen LogP) is 0.349. The third-order valence-electron chi connectivity index (χ3n) is 1.75. The van der Waals surface area contributed by atoms with Crippen molar-refractivity contribution in [1.82, 2.24) is 0 Å². The van der Waals surface area contributed by atoms with Gasteiger partial charge in [0.05, 0.1) is 5.92 Å². The second-order valence-corrected chi connectivity index (χ2v) is 2.91. The molecule has 0 spiro atoms. The Bertz CT molecular complexity index is 195. The molecule has 2 unspecified atom stereocenters. The van der Waals surface area contributed by atoms with E-state index in [1.165, 1.54) is 0 Å². The first-order valence-corrected chi connectivity index (χ1v) is 3.96. The molecule has 0 radical (unpaired) electrons. The number of aliphatic carboxylic acids is 1. The van der Waals surface area contributed by atoms with Gasteiger partial charge < -0.3 is 15.9 Å². The Hall–Kier alpha value is -0.820. The Balaban J connectivity index is 4.23. The highest BCUT2D eigenvalue weighted by molar-refractivity contribution is 5.69. The number of halogens is 3. The number of nitrogens with two attached hydrogens (primary N) is 1. The fourth-order valence-electron chi connectivity index (χ4n) is 0.946. The van der Waals surface area contributed by atoms with E-state index in [2.05, 4.69) is 0 Å². The van der Waals surface area contributed by atoms with Crippen molar-refractivity contribution in [2.24, 2.45) is 11.7 Å². The van der Waals surface area contributed by atoms with Gasteiger partial charge in [-0.05, 0) is 19.4 Å². The zero-order valence-corrected chi connectivity index (χ0v) is 7.29. The fourth-order valence-corrected chi connectivity index (χ4v) is 0.946. The normalized spacial score (nSPS) is 16.4. The van der Waals surface area contributed by atoms with Crippen LogP contribution in [0.5, 0.6) is 0 Å². The van der Waals surface area contributed by atoms with Crippen LogP contribution < -0.4 is 5.73 Å². The minimum atomic E-state index is -4.78. The highest BCUT2D eigenvalue weighted by Crippen LogP contribution is 2.25. The van der Waals surface area contributed by atoms with E-state index in [-0.39, 0.29) is 13.0 Å². The van der Waals surface area contributed by atoms with E-state index in [1.54, 1.807) is 0 Å². The van der Waals surface area contributed by atoms with Gasteiger partial charge in [0.1, 0.15) is 0 Å². The molecular formula is C7H12F3NO3. The molecule has 0 heterocycles. The van der Waals surface area contributed by atoms with Crippen molar-refractivity contribution < 1.29 is 28.2 Å². The summed E-state index contributed by atoms with van der Waals surface area (Å²) >= 11 is 0. The maximum absolute atomic E-state index is 11.8. The smallest absolute Gasteiger partial charge is 0.414 e. The second-order valence-electron chi connectivity index (χ2n) is 2.91. The van der Waals surface area contributed by atoms with Gasteiger partial charge in [0.2, 0.25) is 0 Å². The summed E-state index contributed by atoms with van der Waals surface area (Å²) in [4.78, 5) is 10.4. The zero-order valence-electron chi connectivity index (χ0n) is 7.29. The number of carboxylic acid groups (broad SMARTS) is 1. The molecule has 0 saturated heterocycles. The van der Waals surface area contributed by atoms with Gasteiger partial charge >= 0.3 is 12.1 Å². The van der Waals surface area contributed by atoms with Crippen LogP contribution >= 0.6 is 0 Å². The van der Waals surface area contributed by atoms with Crippen LogP contribution in [0.4, 0.5) is 13.2 Å². The SMILES string of the molecule is NCCC(CC(O)C(F)(F)F)C(=O)O. The summed E-state index contributed by atoms with van der Waals surface area (Å²) in [6.45, 7) is -0.0262. The third-order valence-corrected chi connectivity index (χ3v) is 1.75. The van der Waals surface area contributed by atoms with Gasteiger partial charge in [-0.1, -0.05) is 0 Å². The summed E-state index contributed by atoms with van der Waals surface area (Å²) in [5.41, 5.74) is 5.03. The highest BCUT2D eigenvalue weighted by atomic mass is 19.4. The molecule has 0 aromatic rings. The molecule has 84 valence electrons. The lowest BCUT2D eigenvalue weighted by Gasteiger charge is -2.18. The number of hydrogen-bond donors (Lipinski definition) is 3. The Morgan fingerprint density at radius 1 is 1.43 bits per heavy atom. The van der Waals surface area contributed by atoms with Crippen molar-refractivity contribution >= 4 is 5.97 Å². The van der Waals surface area contributed by atoms with Gasteiger partial charge in [-0.25, -0.2) is 0 Å². The van der Waals surface area contributed by atoms with Crippen molar-refractivity contribution in [3.05, 3.63) is 0 Å². The summed E-state index contributed by atoms with van der Waals surface area (Å²) < 4.78 is 35.5. The number of hydrogen-bond acceptors (Lipinski definition) is 3. The standard InChI is InChI=1S/C7H12F3NO3/c8-7(9,10)5(12)3-4(1-2-11)6(13)14/h4-5,12H,1-3,11H2,(H,13,14). The second kappa shape index (κ2) is 5.16. The number of carbonyl (C=O) groups is 1. The molecule has 0 saturated carbocycles. The first-order chi connectivity index (χ1) is 6.29. The zero-order chi connectivity index (χ0) is 11.4. The van der Waals surface area contributed by atoms with E-state index >= 15 is 0 Å². The molecule has 0 amide bonds. The van der Waals surface area contributed by atoms with Crippen LogP contribution in [0.3, 0.4) is 0 Å². The summed E-state index contributed by atoms with van der Waals surface area (Å²) in [5, 5.41) is 17.1. The van der Waals surface area contributed by atoms with Gasteiger partial charge in [0, 0.05) is 0 Å². The number of alkyl halides is 3. The number of aliphatic hydroxyl groups excluding tert-OH is 1. The van der Waals surface area contributed by atoms with E-state index in [4.69, 9.17) is 15.9 Å². The summed E-state index contributed by atoms with van der Waals surface area (Å²) in [6, 6.07) is 0. The van der Waals surface area contributed by atoms with Crippen LogP contribution in [0.25, 0.3) is 0 Å². The lowest BCUT2D eigenvalue weighted by molar-refractivity contribution is -0.209. The number of rotatable bonds is 5. The van der Waals surface area contributed by atoms with E-state index in [0.717, 1.165) is 0 Å².